The van der Waals surface area contributed by atoms with Crippen LogP contribution in [-0.4, -0.2) is 33.1 Å². The molecule has 0 bridgehead atoms. The van der Waals surface area contributed by atoms with Crippen molar-refractivity contribution in [3.8, 4) is 0 Å². The first-order valence-electron chi connectivity index (χ1n) is 5.81. The first-order chi connectivity index (χ1) is 8.72. The van der Waals surface area contributed by atoms with Gasteiger partial charge in [0.25, 0.3) is 5.91 Å². The van der Waals surface area contributed by atoms with Gasteiger partial charge in [-0.3, -0.25) is 14.9 Å². The normalized spacial score (nSPS) is 10.3. The lowest BCUT2D eigenvalue weighted by molar-refractivity contribution is 0.0983. The second kappa shape index (κ2) is 5.39. The minimum absolute atomic E-state index is 0.185. The Balaban J connectivity index is 2.15. The van der Waals surface area contributed by atoms with E-state index in [2.05, 4.69) is 20.2 Å². The molecule has 2 aromatic heterocycles. The molecule has 6 heteroatoms. The van der Waals surface area contributed by atoms with Gasteiger partial charge in [0.1, 0.15) is 5.82 Å². The zero-order chi connectivity index (χ0) is 13.0. The van der Waals surface area contributed by atoms with E-state index in [-0.39, 0.29) is 11.7 Å². The Labute approximate surface area is 105 Å². The molecule has 0 spiro atoms. The molecule has 0 aliphatic carbocycles. The van der Waals surface area contributed by atoms with Gasteiger partial charge >= 0.3 is 0 Å². The summed E-state index contributed by atoms with van der Waals surface area (Å²) in [4.78, 5) is 21.7. The van der Waals surface area contributed by atoms with Gasteiger partial charge in [-0.05, 0) is 18.6 Å². The van der Waals surface area contributed by atoms with Gasteiger partial charge in [0, 0.05) is 19.7 Å². The number of pyridine rings is 1. The number of rotatable bonds is 4. The van der Waals surface area contributed by atoms with Crippen molar-refractivity contribution in [2.75, 3.05) is 11.9 Å². The van der Waals surface area contributed by atoms with Crippen molar-refractivity contribution in [1.29, 1.82) is 0 Å². The number of nitrogens with zero attached hydrogens (tertiary/aromatic N) is 4. The highest BCUT2D eigenvalue weighted by Gasteiger charge is 2.18. The summed E-state index contributed by atoms with van der Waals surface area (Å²) >= 11 is 0. The van der Waals surface area contributed by atoms with E-state index in [1.54, 1.807) is 25.5 Å². The first kappa shape index (κ1) is 12.2. The number of amides is 1. The largest absolute Gasteiger partial charge is 0.307 e. The molecule has 0 fully saturated rings. The van der Waals surface area contributed by atoms with E-state index < -0.39 is 0 Å². The molecule has 0 atom stereocenters. The standard InChI is InChI=1S/C12H15N5O/c1-3-5-10-14-11(16-15-10)12(18)17(2)9-6-4-7-13-8-9/h4,6-8H,3,5H2,1-2H3,(H,14,15,16). The quantitative estimate of drug-likeness (QED) is 0.884. The van der Waals surface area contributed by atoms with Crippen LogP contribution in [0.5, 0.6) is 0 Å². The van der Waals surface area contributed by atoms with Crippen molar-refractivity contribution >= 4 is 11.6 Å². The Bertz CT molecular complexity index is 522. The molecule has 2 heterocycles. The number of carbonyl (C=O) groups excluding carboxylic acids is 1. The number of nitrogens with one attached hydrogen (secondary N) is 1. The van der Waals surface area contributed by atoms with Gasteiger partial charge in [-0.2, -0.15) is 0 Å². The van der Waals surface area contributed by atoms with E-state index >= 15 is 0 Å². The van der Waals surface area contributed by atoms with Crippen LogP contribution in [0.4, 0.5) is 5.69 Å². The van der Waals surface area contributed by atoms with Crippen molar-refractivity contribution in [2.24, 2.45) is 0 Å². The highest BCUT2D eigenvalue weighted by atomic mass is 16.2. The van der Waals surface area contributed by atoms with Gasteiger partial charge in [-0.15, -0.1) is 5.10 Å². The molecule has 1 N–H and O–H groups in total. The fourth-order valence-corrected chi connectivity index (χ4v) is 1.56. The molecule has 0 aliphatic rings. The fourth-order valence-electron chi connectivity index (χ4n) is 1.56. The van der Waals surface area contributed by atoms with Gasteiger partial charge in [0.2, 0.25) is 5.82 Å². The molecule has 1 amide bonds. The van der Waals surface area contributed by atoms with Gasteiger partial charge in [0.05, 0.1) is 11.9 Å². The minimum atomic E-state index is -0.249. The third-order valence-corrected chi connectivity index (χ3v) is 2.55. The Morgan fingerprint density at radius 1 is 1.50 bits per heavy atom. The van der Waals surface area contributed by atoms with Crippen LogP contribution < -0.4 is 4.90 Å². The topological polar surface area (TPSA) is 74.8 Å². The van der Waals surface area contributed by atoms with Gasteiger partial charge < -0.3 is 4.90 Å². The average Bonchev–Trinajstić information content (AvgIpc) is 2.87. The van der Waals surface area contributed by atoms with Crippen LogP contribution in [0.2, 0.25) is 0 Å². The number of hydrogen-bond acceptors (Lipinski definition) is 4. The molecule has 0 saturated heterocycles. The van der Waals surface area contributed by atoms with Crippen LogP contribution in [0.1, 0.15) is 29.8 Å². The molecule has 94 valence electrons. The predicted molar refractivity (Wildman–Crippen MR) is 67.3 cm³/mol. The maximum absolute atomic E-state index is 12.1. The van der Waals surface area contributed by atoms with Crippen LogP contribution in [0.25, 0.3) is 0 Å². The highest BCUT2D eigenvalue weighted by molar-refractivity contribution is 6.02. The summed E-state index contributed by atoms with van der Waals surface area (Å²) in [5.74, 6) is 0.673. The Hall–Kier alpha value is -2.24. The summed E-state index contributed by atoms with van der Waals surface area (Å²) in [5, 5.41) is 6.70. The third-order valence-electron chi connectivity index (χ3n) is 2.55. The molecule has 0 saturated carbocycles. The summed E-state index contributed by atoms with van der Waals surface area (Å²) in [6.07, 6.45) is 5.03. The molecule has 0 unspecified atom stereocenters. The summed E-state index contributed by atoms with van der Waals surface area (Å²) in [5.41, 5.74) is 0.712. The van der Waals surface area contributed by atoms with Gasteiger partial charge in [0.15, 0.2) is 0 Å². The Morgan fingerprint density at radius 2 is 2.33 bits per heavy atom. The number of hydrogen-bond donors (Lipinski definition) is 1. The highest BCUT2D eigenvalue weighted by Crippen LogP contribution is 2.11. The van der Waals surface area contributed by atoms with Crippen LogP contribution in [0, 0.1) is 0 Å². The van der Waals surface area contributed by atoms with E-state index in [1.807, 2.05) is 13.0 Å². The maximum atomic E-state index is 12.1. The van der Waals surface area contributed by atoms with Crippen LogP contribution in [0.3, 0.4) is 0 Å². The molecular weight excluding hydrogens is 230 g/mol. The zero-order valence-corrected chi connectivity index (χ0v) is 10.4. The van der Waals surface area contributed by atoms with Gasteiger partial charge in [-0.1, -0.05) is 6.92 Å². The molecule has 0 radical (unpaired) electrons. The fraction of sp³-hybridized carbons (Fsp3) is 0.333. The average molecular weight is 245 g/mol. The zero-order valence-electron chi connectivity index (χ0n) is 10.4. The van der Waals surface area contributed by atoms with Crippen molar-refractivity contribution in [1.82, 2.24) is 20.2 Å². The number of aromatic nitrogens is 4. The monoisotopic (exact) mass is 245 g/mol. The van der Waals surface area contributed by atoms with E-state index in [1.165, 1.54) is 4.90 Å². The maximum Gasteiger partial charge on any atom is 0.297 e. The lowest BCUT2D eigenvalue weighted by Crippen LogP contribution is -2.27. The van der Waals surface area contributed by atoms with E-state index in [0.29, 0.717) is 5.69 Å². The second-order valence-corrected chi connectivity index (χ2v) is 3.93. The van der Waals surface area contributed by atoms with E-state index in [0.717, 1.165) is 18.7 Å². The summed E-state index contributed by atoms with van der Waals surface area (Å²) in [7, 11) is 1.68. The number of aromatic amines is 1. The summed E-state index contributed by atoms with van der Waals surface area (Å²) in [6.45, 7) is 2.05. The third kappa shape index (κ3) is 2.53. The SMILES string of the molecule is CCCc1nc(C(=O)N(C)c2cccnc2)n[nH]1. The molecule has 0 aliphatic heterocycles. The lowest BCUT2D eigenvalue weighted by atomic mass is 10.3. The van der Waals surface area contributed by atoms with Crippen LogP contribution in [-0.2, 0) is 6.42 Å². The summed E-state index contributed by atoms with van der Waals surface area (Å²) < 4.78 is 0. The number of aryl methyl sites for hydroxylation is 1. The van der Waals surface area contributed by atoms with E-state index in [9.17, 15) is 4.79 Å². The summed E-state index contributed by atoms with van der Waals surface area (Å²) in [6, 6.07) is 3.59. The molecule has 2 rings (SSSR count). The van der Waals surface area contributed by atoms with Crippen molar-refractivity contribution < 1.29 is 4.79 Å². The van der Waals surface area contributed by atoms with Crippen molar-refractivity contribution in [3.63, 3.8) is 0 Å². The molecule has 0 aromatic carbocycles. The molecular formula is C12H15N5O. The van der Waals surface area contributed by atoms with E-state index in [4.69, 9.17) is 0 Å². The number of anilines is 1. The molecule has 18 heavy (non-hydrogen) atoms. The minimum Gasteiger partial charge on any atom is -0.307 e. The lowest BCUT2D eigenvalue weighted by Gasteiger charge is -2.14. The number of carbonyl (C=O) groups is 1. The van der Waals surface area contributed by atoms with Crippen molar-refractivity contribution in [3.05, 3.63) is 36.2 Å². The Morgan fingerprint density at radius 3 is 3.00 bits per heavy atom. The smallest absolute Gasteiger partial charge is 0.297 e. The predicted octanol–water partition coefficient (Wildman–Crippen LogP) is 1.43. The molecule has 2 aromatic rings. The van der Waals surface area contributed by atoms with Crippen molar-refractivity contribution in [2.45, 2.75) is 19.8 Å². The second-order valence-electron chi connectivity index (χ2n) is 3.93. The first-order valence-corrected chi connectivity index (χ1v) is 5.81. The van der Waals surface area contributed by atoms with Gasteiger partial charge in [-0.25, -0.2) is 4.98 Å². The Kier molecular flexibility index (Phi) is 3.66. The molecule has 6 nitrogen and oxygen atoms in total. The van der Waals surface area contributed by atoms with Crippen LogP contribution >= 0.6 is 0 Å². The number of H-pyrrole nitrogens is 1. The van der Waals surface area contributed by atoms with Crippen LogP contribution in [0.15, 0.2) is 24.5 Å².